The van der Waals surface area contributed by atoms with Crippen molar-refractivity contribution >= 4 is 11.9 Å². The molecule has 0 aromatic carbocycles. The molecule has 1 rings (SSSR count). The maximum absolute atomic E-state index is 11.8. The summed E-state index contributed by atoms with van der Waals surface area (Å²) in [5.74, 6) is 0.145. The molecule has 0 aromatic rings. The Morgan fingerprint density at radius 3 is 2.75 bits per heavy atom. The Morgan fingerprint density at radius 1 is 1.56 bits per heavy atom. The van der Waals surface area contributed by atoms with E-state index < -0.39 is 0 Å². The fourth-order valence-corrected chi connectivity index (χ4v) is 1.55. The predicted octanol–water partition coefficient (Wildman–Crippen LogP) is 1.29. The molecule has 1 aliphatic rings. The van der Waals surface area contributed by atoms with Crippen LogP contribution in [0.25, 0.3) is 0 Å². The molecule has 0 bridgehead atoms. The number of urea groups is 1. The van der Waals surface area contributed by atoms with Crippen LogP contribution in [0.5, 0.6) is 0 Å². The highest BCUT2D eigenvalue weighted by Crippen LogP contribution is 2.26. The van der Waals surface area contributed by atoms with Crippen molar-refractivity contribution in [3.63, 3.8) is 0 Å². The largest absolute Gasteiger partial charge is 0.388 e. The van der Waals surface area contributed by atoms with Gasteiger partial charge in [0.25, 0.3) is 0 Å². The lowest BCUT2D eigenvalue weighted by molar-refractivity contribution is 0.196. The summed E-state index contributed by atoms with van der Waals surface area (Å²) in [5, 5.41) is 10.1. The minimum absolute atomic E-state index is 0.00259. The lowest BCUT2D eigenvalue weighted by Crippen LogP contribution is -2.43. The van der Waals surface area contributed by atoms with E-state index in [-0.39, 0.29) is 11.9 Å². The summed E-state index contributed by atoms with van der Waals surface area (Å²) in [4.78, 5) is 13.6. The molecule has 0 unspecified atom stereocenters. The standard InChI is InChI=1S/C11H22N4O/c1-2-3-7-14-11(16)15(9-4-5-9)8-6-10(12)13/h9H,2-8H2,1H3,(H3,12,13)(H,14,16). The number of nitrogens with zero attached hydrogens (tertiary/aromatic N) is 1. The SMILES string of the molecule is CCCCNC(=O)N(CCC(=N)N)C1CC1. The predicted molar refractivity (Wildman–Crippen MR) is 64.6 cm³/mol. The number of hydrogen-bond donors (Lipinski definition) is 3. The zero-order valence-electron chi connectivity index (χ0n) is 9.96. The van der Waals surface area contributed by atoms with Crippen LogP contribution >= 0.6 is 0 Å². The highest BCUT2D eigenvalue weighted by Gasteiger charge is 2.32. The molecule has 92 valence electrons. The average molecular weight is 226 g/mol. The first kappa shape index (κ1) is 12.8. The Hall–Kier alpha value is -1.26. The van der Waals surface area contributed by atoms with E-state index in [1.54, 1.807) is 0 Å². The van der Waals surface area contributed by atoms with E-state index in [0.717, 1.165) is 32.2 Å². The summed E-state index contributed by atoms with van der Waals surface area (Å²) < 4.78 is 0. The van der Waals surface area contributed by atoms with Gasteiger partial charge < -0.3 is 16.0 Å². The minimum atomic E-state index is -0.00259. The van der Waals surface area contributed by atoms with Gasteiger partial charge >= 0.3 is 6.03 Å². The maximum atomic E-state index is 11.8. The minimum Gasteiger partial charge on any atom is -0.388 e. The monoisotopic (exact) mass is 226 g/mol. The number of nitrogens with two attached hydrogens (primary N) is 1. The van der Waals surface area contributed by atoms with Gasteiger partial charge in [-0.05, 0) is 19.3 Å². The lowest BCUT2D eigenvalue weighted by atomic mass is 10.3. The molecule has 0 aliphatic heterocycles. The number of hydrogen-bond acceptors (Lipinski definition) is 2. The van der Waals surface area contributed by atoms with Gasteiger partial charge in [-0.15, -0.1) is 0 Å². The van der Waals surface area contributed by atoms with Crippen LogP contribution in [0.2, 0.25) is 0 Å². The summed E-state index contributed by atoms with van der Waals surface area (Å²) in [6.07, 6.45) is 4.73. The number of carbonyl (C=O) groups excluding carboxylic acids is 1. The first-order chi connectivity index (χ1) is 7.65. The van der Waals surface area contributed by atoms with E-state index in [1.165, 1.54) is 0 Å². The molecule has 16 heavy (non-hydrogen) atoms. The van der Waals surface area contributed by atoms with Crippen LogP contribution in [0.3, 0.4) is 0 Å². The van der Waals surface area contributed by atoms with Crippen molar-refractivity contribution < 1.29 is 4.79 Å². The van der Waals surface area contributed by atoms with Gasteiger partial charge in [-0.3, -0.25) is 5.41 Å². The second-order valence-corrected chi connectivity index (χ2v) is 4.29. The third kappa shape index (κ3) is 4.51. The molecule has 0 spiro atoms. The van der Waals surface area contributed by atoms with E-state index in [2.05, 4.69) is 12.2 Å². The van der Waals surface area contributed by atoms with Gasteiger partial charge in [0, 0.05) is 25.6 Å². The van der Waals surface area contributed by atoms with Crippen LogP contribution in [-0.2, 0) is 0 Å². The first-order valence-corrected chi connectivity index (χ1v) is 6.02. The fourth-order valence-electron chi connectivity index (χ4n) is 1.55. The van der Waals surface area contributed by atoms with E-state index in [4.69, 9.17) is 11.1 Å². The molecule has 0 aromatic heterocycles. The van der Waals surface area contributed by atoms with E-state index >= 15 is 0 Å². The molecule has 0 heterocycles. The normalized spacial score (nSPS) is 14.6. The maximum Gasteiger partial charge on any atom is 0.317 e. The van der Waals surface area contributed by atoms with Gasteiger partial charge in [-0.25, -0.2) is 4.79 Å². The van der Waals surface area contributed by atoms with Crippen molar-refractivity contribution in [2.45, 2.75) is 45.1 Å². The molecule has 2 amide bonds. The Bertz CT molecular complexity index is 250. The van der Waals surface area contributed by atoms with E-state index in [9.17, 15) is 4.79 Å². The van der Waals surface area contributed by atoms with Crippen molar-refractivity contribution in [2.75, 3.05) is 13.1 Å². The van der Waals surface area contributed by atoms with Crippen molar-refractivity contribution in [3.8, 4) is 0 Å². The topological polar surface area (TPSA) is 82.2 Å². The van der Waals surface area contributed by atoms with Crippen molar-refractivity contribution in [2.24, 2.45) is 5.73 Å². The molecule has 1 aliphatic carbocycles. The summed E-state index contributed by atoms with van der Waals surface area (Å²) in [7, 11) is 0. The molecular formula is C11H22N4O. The first-order valence-electron chi connectivity index (χ1n) is 6.02. The van der Waals surface area contributed by atoms with Crippen molar-refractivity contribution in [1.29, 1.82) is 5.41 Å². The summed E-state index contributed by atoms with van der Waals surface area (Å²) in [6, 6.07) is 0.373. The Balaban J connectivity index is 2.30. The number of carbonyl (C=O) groups is 1. The van der Waals surface area contributed by atoms with Crippen LogP contribution in [0.1, 0.15) is 39.0 Å². The second-order valence-electron chi connectivity index (χ2n) is 4.29. The zero-order chi connectivity index (χ0) is 12.0. The molecule has 0 radical (unpaired) electrons. The quantitative estimate of drug-likeness (QED) is 0.347. The number of rotatable bonds is 7. The third-order valence-electron chi connectivity index (χ3n) is 2.68. The smallest absolute Gasteiger partial charge is 0.317 e. The van der Waals surface area contributed by atoms with Crippen LogP contribution in [0, 0.1) is 5.41 Å². The van der Waals surface area contributed by atoms with Gasteiger partial charge in [0.05, 0.1) is 5.84 Å². The highest BCUT2D eigenvalue weighted by atomic mass is 16.2. The number of amidine groups is 1. The molecule has 0 atom stereocenters. The van der Waals surface area contributed by atoms with Crippen molar-refractivity contribution in [3.05, 3.63) is 0 Å². The molecule has 4 N–H and O–H groups in total. The number of amides is 2. The molecule has 1 saturated carbocycles. The molecule has 5 heteroatoms. The van der Waals surface area contributed by atoms with Gasteiger partial charge in [-0.2, -0.15) is 0 Å². The summed E-state index contributed by atoms with van der Waals surface area (Å²) in [5.41, 5.74) is 5.31. The number of nitrogens with one attached hydrogen (secondary N) is 2. The Morgan fingerprint density at radius 2 is 2.25 bits per heavy atom. The molecule has 5 nitrogen and oxygen atoms in total. The summed E-state index contributed by atoms with van der Waals surface area (Å²) in [6.45, 7) is 3.40. The molecule has 0 saturated heterocycles. The summed E-state index contributed by atoms with van der Waals surface area (Å²) >= 11 is 0. The van der Waals surface area contributed by atoms with Gasteiger partial charge in [0.1, 0.15) is 0 Å². The highest BCUT2D eigenvalue weighted by molar-refractivity contribution is 5.79. The van der Waals surface area contributed by atoms with Crippen LogP contribution in [0.15, 0.2) is 0 Å². The van der Waals surface area contributed by atoms with Gasteiger partial charge in [0.2, 0.25) is 0 Å². The van der Waals surface area contributed by atoms with Gasteiger partial charge in [-0.1, -0.05) is 13.3 Å². The zero-order valence-corrected chi connectivity index (χ0v) is 9.96. The fraction of sp³-hybridized carbons (Fsp3) is 0.818. The third-order valence-corrected chi connectivity index (χ3v) is 2.68. The number of unbranched alkanes of at least 4 members (excludes halogenated alkanes) is 1. The van der Waals surface area contributed by atoms with E-state index in [0.29, 0.717) is 19.0 Å². The van der Waals surface area contributed by atoms with Gasteiger partial charge in [0.15, 0.2) is 0 Å². The van der Waals surface area contributed by atoms with Crippen LogP contribution in [0.4, 0.5) is 4.79 Å². The lowest BCUT2D eigenvalue weighted by Gasteiger charge is -2.22. The second kappa shape index (κ2) is 6.35. The van der Waals surface area contributed by atoms with Crippen LogP contribution < -0.4 is 11.1 Å². The van der Waals surface area contributed by atoms with Crippen molar-refractivity contribution in [1.82, 2.24) is 10.2 Å². The average Bonchev–Trinajstić information content (AvgIpc) is 3.02. The Kier molecular flexibility index (Phi) is 5.08. The van der Waals surface area contributed by atoms with Crippen LogP contribution in [-0.4, -0.2) is 35.9 Å². The molecular weight excluding hydrogens is 204 g/mol. The van der Waals surface area contributed by atoms with E-state index in [1.807, 2.05) is 4.90 Å². The molecule has 1 fully saturated rings. The Labute approximate surface area is 96.9 Å².